The lowest BCUT2D eigenvalue weighted by molar-refractivity contribution is -0.160. The molecule has 3 aliphatic rings. The maximum absolute atomic E-state index is 14.4. The van der Waals surface area contributed by atoms with Gasteiger partial charge in [-0.15, -0.1) is 0 Å². The van der Waals surface area contributed by atoms with Crippen LogP contribution in [0.1, 0.15) is 122 Å². The molecule has 9 atom stereocenters. The highest BCUT2D eigenvalue weighted by atomic mass is 16.7. The maximum Gasteiger partial charge on any atom is 0.312 e. The fraction of sp³-hybridized carbons (Fsp3) is 0.574. The van der Waals surface area contributed by atoms with Crippen LogP contribution < -0.4 is 10.1 Å². The second-order valence-corrected chi connectivity index (χ2v) is 16.8. The molecule has 0 spiro atoms. The van der Waals surface area contributed by atoms with Crippen molar-refractivity contribution in [3.63, 3.8) is 0 Å². The highest BCUT2D eigenvalue weighted by Gasteiger charge is 2.50. The minimum absolute atomic E-state index is 0.0426. The summed E-state index contributed by atoms with van der Waals surface area (Å²) in [6.45, 7) is 14.9. The molecule has 0 radical (unpaired) electrons. The molecule has 6 N–H and O–H groups in total. The number of ether oxygens (including phenoxy) is 4. The van der Waals surface area contributed by atoms with Crippen LogP contribution in [0.5, 0.6) is 23.0 Å². The number of amides is 1. The standard InChI is InChI=1S/C47H66N2O13/c1-11-12-13-14-15-16-17-22-60-48-24-32-37-42(55)35-34(41(32)54)36-44(30(7)40(35)53)62-47(9,45(36)56)59-23-21-33(58-10)27(4)43(61-31(8)50)29(6)39(52)28(5)38(51)25(2)19-18-20-26(3)46(57)49-37/h18-21,23-25,27-29,33,38-39,43,51-55H,11-17,22H2,1-10H3,(H,49,57)/b19-18-,23-21-,26-20-,48-24+. The Hall–Kier alpha value is -5.12. The van der Waals surface area contributed by atoms with E-state index < -0.39 is 88.8 Å². The SMILES string of the molecule is CCCCCCCCCO/N=C/c1c2c(O)c3c(O)c(C)c4c(c3c1O)C(=O)C(C)(O/C=C\C(OC)C(C)C(OC(C)=O)C(C)C(O)C(C)C(O)C(C)/C=C\C=C(\C)C(=O)N2)O4. The van der Waals surface area contributed by atoms with E-state index in [1.165, 1.54) is 66.1 Å². The van der Waals surface area contributed by atoms with Crippen LogP contribution in [0, 0.1) is 30.6 Å². The average Bonchev–Trinajstić information content (AvgIpc) is 3.50. The number of nitrogens with one attached hydrogen (secondary N) is 1. The number of Topliss-reactive ketones (excluding diaryl/α,β-unsaturated/α-hetero) is 1. The molecule has 3 heterocycles. The third-order valence-corrected chi connectivity index (χ3v) is 12.1. The van der Waals surface area contributed by atoms with E-state index in [1.54, 1.807) is 39.8 Å². The Kier molecular flexibility index (Phi) is 17.4. The number of phenolic OH excluding ortho intramolecular Hbond substituents is 3. The van der Waals surface area contributed by atoms with E-state index in [-0.39, 0.29) is 51.1 Å². The molecule has 2 aromatic rings. The van der Waals surface area contributed by atoms with Gasteiger partial charge in [-0.3, -0.25) is 14.4 Å². The second-order valence-electron chi connectivity index (χ2n) is 16.8. The lowest BCUT2D eigenvalue weighted by atomic mass is 9.78. The Labute approximate surface area is 364 Å². The summed E-state index contributed by atoms with van der Waals surface area (Å²) in [6.07, 6.45) is 12.0. The van der Waals surface area contributed by atoms with Crippen LogP contribution in [0.3, 0.4) is 0 Å². The summed E-state index contributed by atoms with van der Waals surface area (Å²) in [5.41, 5.74) is -0.538. The smallest absolute Gasteiger partial charge is 0.312 e. The summed E-state index contributed by atoms with van der Waals surface area (Å²) in [4.78, 5) is 46.0. The molecule has 15 heteroatoms. The van der Waals surface area contributed by atoms with Gasteiger partial charge in [0.1, 0.15) is 30.0 Å². The van der Waals surface area contributed by atoms with Gasteiger partial charge in [0.15, 0.2) is 5.75 Å². The minimum Gasteiger partial charge on any atom is -0.507 e. The number of ketones is 1. The van der Waals surface area contributed by atoms with E-state index in [1.807, 2.05) is 0 Å². The van der Waals surface area contributed by atoms with E-state index in [0.717, 1.165) is 38.3 Å². The number of rotatable bonds is 12. The number of hydrogen-bond donors (Lipinski definition) is 6. The largest absolute Gasteiger partial charge is 0.507 e. The minimum atomic E-state index is -2.06. The average molecular weight is 867 g/mol. The number of allylic oxidation sites excluding steroid dienone is 2. The number of nitrogens with zero attached hydrogens (tertiary/aromatic N) is 1. The first-order valence-corrected chi connectivity index (χ1v) is 21.6. The number of unbranched alkanes of at least 4 members (excludes halogenated alkanes) is 6. The predicted molar refractivity (Wildman–Crippen MR) is 235 cm³/mol. The number of aliphatic hydroxyl groups excluding tert-OH is 2. The van der Waals surface area contributed by atoms with Crippen LogP contribution in [0.2, 0.25) is 0 Å². The van der Waals surface area contributed by atoms with Gasteiger partial charge >= 0.3 is 11.8 Å². The van der Waals surface area contributed by atoms with Gasteiger partial charge in [0.05, 0.1) is 53.0 Å². The van der Waals surface area contributed by atoms with Crippen molar-refractivity contribution in [2.24, 2.45) is 28.8 Å². The van der Waals surface area contributed by atoms with Crippen LogP contribution >= 0.6 is 0 Å². The molecule has 0 fully saturated rings. The van der Waals surface area contributed by atoms with Crippen LogP contribution in [0.4, 0.5) is 5.69 Å². The third-order valence-electron chi connectivity index (χ3n) is 12.1. The Morgan fingerprint density at radius 2 is 1.56 bits per heavy atom. The number of phenols is 3. The molecular formula is C47H66N2O13. The molecule has 5 rings (SSSR count). The number of methoxy groups -OCH3 is 1. The van der Waals surface area contributed by atoms with E-state index in [0.29, 0.717) is 0 Å². The van der Waals surface area contributed by atoms with Gasteiger partial charge in [0, 0.05) is 61.2 Å². The fourth-order valence-electron chi connectivity index (χ4n) is 8.14. The number of anilines is 1. The monoisotopic (exact) mass is 866 g/mol. The van der Waals surface area contributed by atoms with Crippen molar-refractivity contribution < 1.29 is 63.7 Å². The molecule has 2 aromatic carbocycles. The van der Waals surface area contributed by atoms with Crippen molar-refractivity contribution in [2.45, 2.75) is 137 Å². The third kappa shape index (κ3) is 10.9. The number of hydrogen-bond acceptors (Lipinski definition) is 14. The molecular weight excluding hydrogens is 801 g/mol. The zero-order valence-electron chi connectivity index (χ0n) is 37.7. The van der Waals surface area contributed by atoms with Crippen molar-refractivity contribution in [2.75, 3.05) is 19.0 Å². The van der Waals surface area contributed by atoms with Gasteiger partial charge in [-0.25, -0.2) is 0 Å². The summed E-state index contributed by atoms with van der Waals surface area (Å²) in [6, 6.07) is 0. The predicted octanol–water partition coefficient (Wildman–Crippen LogP) is 7.86. The van der Waals surface area contributed by atoms with Crippen molar-refractivity contribution in [3.05, 3.63) is 52.8 Å². The van der Waals surface area contributed by atoms with Gasteiger partial charge in [0.2, 0.25) is 0 Å². The van der Waals surface area contributed by atoms with Crippen molar-refractivity contribution in [3.8, 4) is 23.0 Å². The van der Waals surface area contributed by atoms with Crippen LogP contribution in [-0.4, -0.2) is 93.3 Å². The zero-order chi connectivity index (χ0) is 46.1. The van der Waals surface area contributed by atoms with Crippen molar-refractivity contribution in [1.82, 2.24) is 0 Å². The van der Waals surface area contributed by atoms with Crippen molar-refractivity contribution >= 4 is 40.3 Å². The van der Waals surface area contributed by atoms with E-state index in [2.05, 4.69) is 17.4 Å². The number of carbonyl (C=O) groups excluding carboxylic acids is 3. The molecule has 0 saturated carbocycles. The Morgan fingerprint density at radius 1 is 0.903 bits per heavy atom. The lowest BCUT2D eigenvalue weighted by Gasteiger charge is -2.38. The molecule has 3 aliphatic heterocycles. The molecule has 15 nitrogen and oxygen atoms in total. The van der Waals surface area contributed by atoms with Crippen LogP contribution in [0.25, 0.3) is 10.8 Å². The fourth-order valence-corrected chi connectivity index (χ4v) is 8.14. The van der Waals surface area contributed by atoms with Crippen molar-refractivity contribution in [1.29, 1.82) is 0 Å². The summed E-state index contributed by atoms with van der Waals surface area (Å²) in [5.74, 6) is -8.54. The summed E-state index contributed by atoms with van der Waals surface area (Å²) in [7, 11) is 1.43. The molecule has 1 amide bonds. The van der Waals surface area contributed by atoms with Gasteiger partial charge in [0.25, 0.3) is 11.7 Å². The number of aromatic hydroxyl groups is 3. The summed E-state index contributed by atoms with van der Waals surface area (Å²) >= 11 is 0. The molecule has 0 aromatic heterocycles. The number of benzene rings is 2. The molecule has 342 valence electrons. The first-order valence-electron chi connectivity index (χ1n) is 21.6. The number of oxime groups is 1. The first-order chi connectivity index (χ1) is 29.3. The van der Waals surface area contributed by atoms with Gasteiger partial charge < -0.3 is 54.6 Å². The van der Waals surface area contributed by atoms with E-state index >= 15 is 0 Å². The number of aliphatic hydroxyl groups is 2. The first kappa shape index (κ1) is 49.5. The molecule has 0 saturated heterocycles. The highest BCUT2D eigenvalue weighted by Crippen LogP contribution is 2.55. The topological polar surface area (TPSA) is 223 Å². The van der Waals surface area contributed by atoms with Gasteiger partial charge in [-0.1, -0.05) is 90.1 Å². The molecule has 62 heavy (non-hydrogen) atoms. The van der Waals surface area contributed by atoms with E-state index in [9.17, 15) is 39.9 Å². The Morgan fingerprint density at radius 3 is 2.21 bits per heavy atom. The Bertz CT molecular complexity index is 2060. The van der Waals surface area contributed by atoms with Gasteiger partial charge in [-0.2, -0.15) is 0 Å². The number of esters is 1. The molecule has 5 bridgehead atoms. The van der Waals surface area contributed by atoms with E-state index in [4.69, 9.17) is 23.8 Å². The lowest BCUT2D eigenvalue weighted by Crippen LogP contribution is -2.46. The van der Waals surface area contributed by atoms with Crippen LogP contribution in [0.15, 0.2) is 41.3 Å². The summed E-state index contributed by atoms with van der Waals surface area (Å²) in [5, 5.41) is 64.4. The quantitative estimate of drug-likeness (QED) is 0.0299. The molecule has 0 aliphatic carbocycles. The normalized spacial score (nSPS) is 29.2. The number of carbonyl (C=O) groups is 3. The zero-order valence-corrected chi connectivity index (χ0v) is 37.7. The molecule has 9 unspecified atom stereocenters. The second kappa shape index (κ2) is 21.8. The maximum atomic E-state index is 14.4. The summed E-state index contributed by atoms with van der Waals surface area (Å²) < 4.78 is 23.6. The van der Waals surface area contributed by atoms with Crippen LogP contribution in [-0.2, 0) is 28.6 Å². The van der Waals surface area contributed by atoms with Gasteiger partial charge in [-0.05, 0) is 32.8 Å². The number of fused-ring (bicyclic) bond motifs is 14. The Balaban J connectivity index is 1.87. The highest BCUT2D eigenvalue weighted by molar-refractivity contribution is 6.23.